The Morgan fingerprint density at radius 1 is 1.15 bits per heavy atom. The maximum Gasteiger partial charge on any atom is 0.314 e. The van der Waals surface area contributed by atoms with Gasteiger partial charge in [-0.2, -0.15) is 12.6 Å². The Balaban J connectivity index is 3.11. The van der Waals surface area contributed by atoms with Crippen molar-refractivity contribution in [3.05, 3.63) is 0 Å². The number of carbonyl (C=O) groups excluding carboxylic acids is 1. The Kier molecular flexibility index (Phi) is 9.42. The average Bonchev–Trinajstić information content (AvgIpc) is 2.13. The van der Waals surface area contributed by atoms with Crippen LogP contribution < -0.4 is 10.6 Å². The van der Waals surface area contributed by atoms with Crippen molar-refractivity contribution in [1.29, 1.82) is 0 Å². The predicted octanol–water partition coefficient (Wildman–Crippen LogP) is 1.80. The van der Waals surface area contributed by atoms with Crippen molar-refractivity contribution >= 4 is 18.7 Å². The molecule has 0 unspecified atom stereocenters. The van der Waals surface area contributed by atoms with E-state index in [9.17, 15) is 4.79 Å². The molecule has 78 valence electrons. The van der Waals surface area contributed by atoms with Crippen LogP contribution in [0.2, 0.25) is 0 Å². The molecule has 0 aliphatic carbocycles. The first-order valence-electron chi connectivity index (χ1n) is 4.93. The van der Waals surface area contributed by atoms with Gasteiger partial charge < -0.3 is 10.6 Å². The van der Waals surface area contributed by atoms with Crippen molar-refractivity contribution in [2.24, 2.45) is 0 Å². The van der Waals surface area contributed by atoms with E-state index < -0.39 is 0 Å². The second-order valence-electron chi connectivity index (χ2n) is 2.97. The summed E-state index contributed by atoms with van der Waals surface area (Å²) in [4.78, 5) is 11.0. The molecule has 0 rings (SSSR count). The van der Waals surface area contributed by atoms with Crippen LogP contribution in [0.25, 0.3) is 0 Å². The predicted molar refractivity (Wildman–Crippen MR) is 59.4 cm³/mol. The minimum atomic E-state index is -0.0485. The lowest BCUT2D eigenvalue weighted by molar-refractivity contribution is 0.240. The molecule has 0 aromatic carbocycles. The van der Waals surface area contributed by atoms with Gasteiger partial charge in [-0.15, -0.1) is 0 Å². The van der Waals surface area contributed by atoms with Crippen molar-refractivity contribution in [2.45, 2.75) is 32.6 Å². The maximum absolute atomic E-state index is 11.0. The molecule has 0 spiro atoms. The van der Waals surface area contributed by atoms with Gasteiger partial charge >= 0.3 is 6.03 Å². The first-order valence-corrected chi connectivity index (χ1v) is 5.57. The first kappa shape index (κ1) is 12.6. The van der Waals surface area contributed by atoms with Crippen LogP contribution in [-0.2, 0) is 0 Å². The summed E-state index contributed by atoms with van der Waals surface area (Å²) in [5.74, 6) is 0.888. The van der Waals surface area contributed by atoms with Crippen molar-refractivity contribution in [3.8, 4) is 0 Å². The lowest BCUT2D eigenvalue weighted by atomic mass is 10.3. The van der Waals surface area contributed by atoms with Crippen LogP contribution >= 0.6 is 12.6 Å². The van der Waals surface area contributed by atoms with Gasteiger partial charge in [0.2, 0.25) is 0 Å². The number of rotatable bonds is 7. The normalized spacial score (nSPS) is 9.69. The van der Waals surface area contributed by atoms with Crippen molar-refractivity contribution in [2.75, 3.05) is 18.8 Å². The number of hydrogen-bond acceptors (Lipinski definition) is 2. The minimum absolute atomic E-state index is 0.0485. The molecule has 0 atom stereocenters. The van der Waals surface area contributed by atoms with Crippen molar-refractivity contribution in [3.63, 3.8) is 0 Å². The summed E-state index contributed by atoms with van der Waals surface area (Å²) in [5.41, 5.74) is 0. The molecule has 0 fully saturated rings. The smallest absolute Gasteiger partial charge is 0.314 e. The monoisotopic (exact) mass is 204 g/mol. The number of carbonyl (C=O) groups is 1. The quantitative estimate of drug-likeness (QED) is 0.429. The highest BCUT2D eigenvalue weighted by atomic mass is 32.1. The summed E-state index contributed by atoms with van der Waals surface area (Å²) in [6.45, 7) is 3.62. The average molecular weight is 204 g/mol. The number of hydrogen-bond donors (Lipinski definition) is 3. The molecule has 4 heteroatoms. The number of nitrogens with one attached hydrogen (secondary N) is 2. The van der Waals surface area contributed by atoms with Gasteiger partial charge in [-0.3, -0.25) is 0 Å². The second-order valence-corrected chi connectivity index (χ2v) is 3.41. The van der Waals surface area contributed by atoms with E-state index in [-0.39, 0.29) is 6.03 Å². The molecule has 2 amide bonds. The molecule has 0 radical (unpaired) electrons. The molecule has 2 N–H and O–H groups in total. The molecule has 0 aromatic heterocycles. The van der Waals surface area contributed by atoms with Gasteiger partial charge in [-0.1, -0.05) is 13.3 Å². The molecule has 0 saturated heterocycles. The van der Waals surface area contributed by atoms with E-state index in [4.69, 9.17) is 0 Å². The summed E-state index contributed by atoms with van der Waals surface area (Å²) >= 11 is 4.09. The maximum atomic E-state index is 11.0. The summed E-state index contributed by atoms with van der Waals surface area (Å²) < 4.78 is 0. The van der Waals surface area contributed by atoms with E-state index in [0.717, 1.165) is 44.5 Å². The first-order chi connectivity index (χ1) is 6.31. The van der Waals surface area contributed by atoms with E-state index >= 15 is 0 Å². The Morgan fingerprint density at radius 2 is 1.77 bits per heavy atom. The van der Waals surface area contributed by atoms with Gasteiger partial charge in [0.25, 0.3) is 0 Å². The van der Waals surface area contributed by atoms with Crippen LogP contribution in [0.4, 0.5) is 4.79 Å². The lowest BCUT2D eigenvalue weighted by Crippen LogP contribution is -2.36. The van der Waals surface area contributed by atoms with Crippen molar-refractivity contribution < 1.29 is 4.79 Å². The van der Waals surface area contributed by atoms with Gasteiger partial charge in [0, 0.05) is 13.1 Å². The second kappa shape index (κ2) is 9.71. The highest BCUT2D eigenvalue weighted by Gasteiger charge is 1.96. The molecule has 0 saturated carbocycles. The van der Waals surface area contributed by atoms with Crippen LogP contribution in [0.3, 0.4) is 0 Å². The Bertz CT molecular complexity index is 131. The van der Waals surface area contributed by atoms with Crippen LogP contribution in [0.15, 0.2) is 0 Å². The van der Waals surface area contributed by atoms with Gasteiger partial charge in [-0.25, -0.2) is 4.79 Å². The molecule has 0 aliphatic rings. The summed E-state index contributed by atoms with van der Waals surface area (Å²) in [5, 5.41) is 5.58. The molecule has 0 heterocycles. The zero-order valence-electron chi connectivity index (χ0n) is 8.31. The zero-order chi connectivity index (χ0) is 9.94. The highest BCUT2D eigenvalue weighted by molar-refractivity contribution is 7.80. The Labute approximate surface area is 86.1 Å². The molecule has 13 heavy (non-hydrogen) atoms. The summed E-state index contributed by atoms with van der Waals surface area (Å²) in [6.07, 6.45) is 4.22. The number of urea groups is 1. The van der Waals surface area contributed by atoms with Crippen LogP contribution in [-0.4, -0.2) is 24.9 Å². The third-order valence-electron chi connectivity index (χ3n) is 1.69. The lowest BCUT2D eigenvalue weighted by Gasteiger charge is -2.05. The van der Waals surface area contributed by atoms with E-state index in [1.54, 1.807) is 0 Å². The van der Waals surface area contributed by atoms with Crippen LogP contribution in [0.5, 0.6) is 0 Å². The summed E-state index contributed by atoms with van der Waals surface area (Å²) in [6, 6.07) is -0.0485. The van der Waals surface area contributed by atoms with Crippen molar-refractivity contribution in [1.82, 2.24) is 10.6 Å². The molecule has 0 bridgehead atoms. The van der Waals surface area contributed by atoms with Gasteiger partial charge in [-0.05, 0) is 25.0 Å². The standard InChI is InChI=1S/C9H20N2OS/c1-2-3-6-10-9(12)11-7-4-5-8-13/h13H,2-8H2,1H3,(H2,10,11,12). The number of amides is 2. The molecule has 0 aliphatic heterocycles. The molecule has 0 aromatic rings. The van der Waals surface area contributed by atoms with Gasteiger partial charge in [0.05, 0.1) is 0 Å². The number of thiol groups is 1. The fourth-order valence-corrected chi connectivity index (χ4v) is 1.10. The van der Waals surface area contributed by atoms with Gasteiger partial charge in [0.1, 0.15) is 0 Å². The molecular formula is C9H20N2OS. The largest absolute Gasteiger partial charge is 0.338 e. The Morgan fingerprint density at radius 3 is 2.31 bits per heavy atom. The van der Waals surface area contributed by atoms with E-state index in [1.807, 2.05) is 0 Å². The molecular weight excluding hydrogens is 184 g/mol. The van der Waals surface area contributed by atoms with E-state index in [1.165, 1.54) is 0 Å². The third-order valence-corrected chi connectivity index (χ3v) is 2.00. The Hall–Kier alpha value is -0.380. The molecule has 3 nitrogen and oxygen atoms in total. The van der Waals surface area contributed by atoms with E-state index in [2.05, 4.69) is 30.2 Å². The summed E-state index contributed by atoms with van der Waals surface area (Å²) in [7, 11) is 0. The van der Waals surface area contributed by atoms with Crippen LogP contribution in [0.1, 0.15) is 32.6 Å². The topological polar surface area (TPSA) is 41.1 Å². The van der Waals surface area contributed by atoms with E-state index in [0.29, 0.717) is 0 Å². The highest BCUT2D eigenvalue weighted by Crippen LogP contribution is 1.88. The van der Waals surface area contributed by atoms with Gasteiger partial charge in [0.15, 0.2) is 0 Å². The fraction of sp³-hybridized carbons (Fsp3) is 0.889. The number of unbranched alkanes of at least 4 members (excludes halogenated alkanes) is 2. The zero-order valence-corrected chi connectivity index (χ0v) is 9.20. The van der Waals surface area contributed by atoms with Crippen LogP contribution in [0, 0.1) is 0 Å². The third kappa shape index (κ3) is 9.53. The minimum Gasteiger partial charge on any atom is -0.338 e. The fourth-order valence-electron chi connectivity index (χ4n) is 0.880. The SMILES string of the molecule is CCCCNC(=O)NCCCCS.